The minimum atomic E-state index is -0.482. The summed E-state index contributed by atoms with van der Waals surface area (Å²) in [6.07, 6.45) is 0.611. The second-order valence-corrected chi connectivity index (χ2v) is 6.09. The second-order valence-electron chi connectivity index (χ2n) is 4.56. The van der Waals surface area contributed by atoms with E-state index in [-0.39, 0.29) is 5.91 Å². The van der Waals surface area contributed by atoms with E-state index in [1.807, 2.05) is 55.5 Å². The first-order valence-corrected chi connectivity index (χ1v) is 7.88. The number of benzene rings is 2. The summed E-state index contributed by atoms with van der Waals surface area (Å²) in [4.78, 5) is 13.8. The summed E-state index contributed by atoms with van der Waals surface area (Å²) >= 11 is 7.71. The Morgan fingerprint density at radius 1 is 1.29 bits per heavy atom. The molecule has 0 aliphatic carbocycles. The number of carbonyl (C=O) groups excluding carboxylic acids is 1. The summed E-state index contributed by atoms with van der Waals surface area (Å²) in [7, 11) is 0. The highest BCUT2D eigenvalue weighted by Crippen LogP contribution is 2.33. The normalized spacial score (nSPS) is 12.0. The number of hydrogen-bond acceptors (Lipinski definition) is 3. The van der Waals surface area contributed by atoms with Gasteiger partial charge in [0.1, 0.15) is 0 Å². The first-order chi connectivity index (χ1) is 10.1. The first-order valence-electron chi connectivity index (χ1n) is 6.69. The van der Waals surface area contributed by atoms with Crippen LogP contribution in [-0.2, 0) is 4.79 Å². The molecule has 3 N–H and O–H groups in total. The van der Waals surface area contributed by atoms with E-state index in [9.17, 15) is 4.79 Å². The fourth-order valence-electron chi connectivity index (χ4n) is 1.71. The molecule has 0 aliphatic heterocycles. The van der Waals surface area contributed by atoms with E-state index in [0.717, 1.165) is 15.5 Å². The number of carbonyl (C=O) groups is 1. The van der Waals surface area contributed by atoms with Crippen LogP contribution in [0.5, 0.6) is 0 Å². The topological polar surface area (TPSA) is 55.1 Å². The fraction of sp³-hybridized carbons (Fsp3) is 0.188. The average molecular weight is 321 g/mol. The number of nitrogens with one attached hydrogen (secondary N) is 1. The van der Waals surface area contributed by atoms with Gasteiger partial charge in [0.2, 0.25) is 5.91 Å². The van der Waals surface area contributed by atoms with Gasteiger partial charge in [0.15, 0.2) is 0 Å². The van der Waals surface area contributed by atoms with Crippen LogP contribution in [0.2, 0.25) is 5.02 Å². The highest BCUT2D eigenvalue weighted by atomic mass is 35.5. The van der Waals surface area contributed by atoms with Crippen molar-refractivity contribution in [2.45, 2.75) is 29.2 Å². The van der Waals surface area contributed by atoms with E-state index in [4.69, 9.17) is 17.3 Å². The molecule has 0 aromatic heterocycles. The zero-order valence-corrected chi connectivity index (χ0v) is 13.2. The quantitative estimate of drug-likeness (QED) is 0.869. The van der Waals surface area contributed by atoms with E-state index in [0.29, 0.717) is 11.4 Å². The molecule has 3 nitrogen and oxygen atoms in total. The lowest BCUT2D eigenvalue weighted by atomic mass is 10.2. The molecule has 0 saturated carbocycles. The zero-order chi connectivity index (χ0) is 15.2. The Morgan fingerprint density at radius 3 is 2.76 bits per heavy atom. The summed E-state index contributed by atoms with van der Waals surface area (Å²) in [5.74, 6) is -0.169. The molecule has 0 spiro atoms. The zero-order valence-electron chi connectivity index (χ0n) is 11.7. The van der Waals surface area contributed by atoms with Gasteiger partial charge >= 0.3 is 0 Å². The van der Waals surface area contributed by atoms with Crippen molar-refractivity contribution in [2.24, 2.45) is 5.73 Å². The van der Waals surface area contributed by atoms with Crippen LogP contribution < -0.4 is 11.1 Å². The van der Waals surface area contributed by atoms with Crippen LogP contribution in [0, 0.1) is 0 Å². The van der Waals surface area contributed by atoms with Crippen LogP contribution >= 0.6 is 23.4 Å². The Bertz CT molecular complexity index is 633. The van der Waals surface area contributed by atoms with Crippen molar-refractivity contribution in [3.8, 4) is 0 Å². The number of nitrogens with two attached hydrogens (primary N) is 1. The minimum Gasteiger partial charge on any atom is -0.325 e. The second kappa shape index (κ2) is 7.50. The van der Waals surface area contributed by atoms with E-state index in [1.165, 1.54) is 0 Å². The lowest BCUT2D eigenvalue weighted by Crippen LogP contribution is -2.34. The largest absolute Gasteiger partial charge is 0.325 e. The van der Waals surface area contributed by atoms with Crippen LogP contribution in [0.3, 0.4) is 0 Å². The number of anilines is 1. The lowest BCUT2D eigenvalue weighted by molar-refractivity contribution is -0.117. The standard InChI is InChI=1S/C16H17ClN2OS/c1-2-14(18)16(20)19-11-6-5-7-12(10-11)21-15-9-4-3-8-13(15)17/h3-10,14H,2,18H2,1H3,(H,19,20). The molecule has 2 aromatic rings. The molecule has 2 aromatic carbocycles. The molecular formula is C16H17ClN2OS. The Hall–Kier alpha value is -1.49. The predicted molar refractivity (Wildman–Crippen MR) is 88.9 cm³/mol. The highest BCUT2D eigenvalue weighted by Gasteiger charge is 2.11. The van der Waals surface area contributed by atoms with Gasteiger partial charge in [-0.1, -0.05) is 48.5 Å². The predicted octanol–water partition coefficient (Wildman–Crippen LogP) is 4.17. The molecule has 0 saturated heterocycles. The monoisotopic (exact) mass is 320 g/mol. The summed E-state index contributed by atoms with van der Waals surface area (Å²) in [5.41, 5.74) is 6.45. The molecule has 0 bridgehead atoms. The Balaban J connectivity index is 2.11. The first kappa shape index (κ1) is 15.9. The molecule has 2 rings (SSSR count). The van der Waals surface area contributed by atoms with E-state index in [1.54, 1.807) is 11.8 Å². The van der Waals surface area contributed by atoms with Gasteiger partial charge in [-0.05, 0) is 36.8 Å². The van der Waals surface area contributed by atoms with Crippen LogP contribution in [0.4, 0.5) is 5.69 Å². The summed E-state index contributed by atoms with van der Waals surface area (Å²) in [5, 5.41) is 3.54. The van der Waals surface area contributed by atoms with Crippen molar-refractivity contribution in [1.29, 1.82) is 0 Å². The third kappa shape index (κ3) is 4.49. The van der Waals surface area contributed by atoms with Crippen LogP contribution in [0.1, 0.15) is 13.3 Å². The molecule has 1 unspecified atom stereocenters. The molecule has 0 aliphatic rings. The summed E-state index contributed by atoms with van der Waals surface area (Å²) in [6.45, 7) is 1.88. The molecule has 0 radical (unpaired) electrons. The Kier molecular flexibility index (Phi) is 5.67. The lowest BCUT2D eigenvalue weighted by Gasteiger charge is -2.11. The maximum atomic E-state index is 11.8. The summed E-state index contributed by atoms with van der Waals surface area (Å²) < 4.78 is 0. The molecule has 21 heavy (non-hydrogen) atoms. The van der Waals surface area contributed by atoms with Crippen LogP contribution in [0.15, 0.2) is 58.3 Å². The Labute approximate surface area is 133 Å². The molecule has 0 fully saturated rings. The molecule has 0 heterocycles. The SMILES string of the molecule is CCC(N)C(=O)Nc1cccc(Sc2ccccc2Cl)c1. The van der Waals surface area contributed by atoms with Gasteiger partial charge in [0.05, 0.1) is 11.1 Å². The van der Waals surface area contributed by atoms with Crippen molar-refractivity contribution in [1.82, 2.24) is 0 Å². The van der Waals surface area contributed by atoms with Gasteiger partial charge in [-0.3, -0.25) is 4.79 Å². The fourth-order valence-corrected chi connectivity index (χ4v) is 2.86. The van der Waals surface area contributed by atoms with Gasteiger partial charge in [-0.2, -0.15) is 0 Å². The molecule has 110 valence electrons. The maximum Gasteiger partial charge on any atom is 0.241 e. The third-order valence-electron chi connectivity index (χ3n) is 2.94. The van der Waals surface area contributed by atoms with Crippen LogP contribution in [0.25, 0.3) is 0 Å². The van der Waals surface area contributed by atoms with Crippen molar-refractivity contribution in [2.75, 3.05) is 5.32 Å². The number of hydrogen-bond donors (Lipinski definition) is 2. The van der Waals surface area contributed by atoms with E-state index < -0.39 is 6.04 Å². The van der Waals surface area contributed by atoms with Gasteiger partial charge in [-0.15, -0.1) is 0 Å². The molecule has 1 atom stereocenters. The minimum absolute atomic E-state index is 0.169. The van der Waals surface area contributed by atoms with E-state index in [2.05, 4.69) is 5.32 Å². The van der Waals surface area contributed by atoms with Gasteiger partial charge < -0.3 is 11.1 Å². The van der Waals surface area contributed by atoms with Crippen LogP contribution in [-0.4, -0.2) is 11.9 Å². The van der Waals surface area contributed by atoms with Gasteiger partial charge in [0.25, 0.3) is 0 Å². The van der Waals surface area contributed by atoms with Crippen molar-refractivity contribution in [3.05, 3.63) is 53.6 Å². The smallest absolute Gasteiger partial charge is 0.241 e. The number of rotatable bonds is 5. The third-order valence-corrected chi connectivity index (χ3v) is 4.45. The summed E-state index contributed by atoms with van der Waals surface area (Å²) in [6, 6.07) is 14.8. The number of halogens is 1. The molecular weight excluding hydrogens is 304 g/mol. The average Bonchev–Trinajstić information content (AvgIpc) is 2.49. The van der Waals surface area contributed by atoms with Crippen molar-refractivity contribution >= 4 is 35.0 Å². The highest BCUT2D eigenvalue weighted by molar-refractivity contribution is 7.99. The molecule has 1 amide bonds. The number of amides is 1. The Morgan fingerprint density at radius 2 is 2.05 bits per heavy atom. The van der Waals surface area contributed by atoms with Crippen molar-refractivity contribution in [3.63, 3.8) is 0 Å². The van der Waals surface area contributed by atoms with E-state index >= 15 is 0 Å². The van der Waals surface area contributed by atoms with Crippen molar-refractivity contribution < 1.29 is 4.79 Å². The maximum absolute atomic E-state index is 11.8. The van der Waals surface area contributed by atoms with Gasteiger partial charge in [-0.25, -0.2) is 0 Å². The van der Waals surface area contributed by atoms with Gasteiger partial charge in [0, 0.05) is 15.5 Å². The molecule has 5 heteroatoms.